The van der Waals surface area contributed by atoms with Crippen molar-refractivity contribution in [2.24, 2.45) is 0 Å². The van der Waals surface area contributed by atoms with Gasteiger partial charge in [-0.25, -0.2) is 4.79 Å². The fraction of sp³-hybridized carbons (Fsp3) is 0.0769. The largest absolute Gasteiger partial charge is 0.477 e. The molecule has 2 N–H and O–H groups in total. The van der Waals surface area contributed by atoms with Crippen LogP contribution in [0.3, 0.4) is 0 Å². The molecule has 0 unspecified atom stereocenters. The smallest absolute Gasteiger partial charge is 0.345 e. The van der Waals surface area contributed by atoms with Crippen LogP contribution in [-0.2, 0) is 6.54 Å². The normalized spacial score (nSPS) is 10.2. The molecular formula is C13H10ClNO3S. The van der Waals surface area contributed by atoms with Crippen LogP contribution >= 0.6 is 22.9 Å². The number of aromatic carboxylic acids is 1. The van der Waals surface area contributed by atoms with E-state index in [0.29, 0.717) is 16.4 Å². The first-order chi connectivity index (χ1) is 9.06. The molecule has 0 saturated carbocycles. The molecule has 1 aromatic heterocycles. The highest BCUT2D eigenvalue weighted by atomic mass is 35.5. The van der Waals surface area contributed by atoms with Crippen LogP contribution in [0.2, 0.25) is 5.02 Å². The van der Waals surface area contributed by atoms with Crippen LogP contribution < -0.4 is 5.32 Å². The second-order valence-corrected chi connectivity index (χ2v) is 5.30. The summed E-state index contributed by atoms with van der Waals surface area (Å²) in [6.45, 7) is 0.347. The summed E-state index contributed by atoms with van der Waals surface area (Å²) in [7, 11) is 0. The molecule has 0 spiro atoms. The summed E-state index contributed by atoms with van der Waals surface area (Å²) in [6, 6.07) is 10.1. The van der Waals surface area contributed by atoms with Crippen molar-refractivity contribution in [3.63, 3.8) is 0 Å². The summed E-state index contributed by atoms with van der Waals surface area (Å²) in [5, 5.41) is 12.1. The molecule has 1 amide bonds. The first-order valence-corrected chi connectivity index (χ1v) is 6.61. The van der Waals surface area contributed by atoms with Crippen LogP contribution in [0.15, 0.2) is 36.4 Å². The standard InChI is InChI=1S/C13H10ClNO3S/c14-9-3-1-2-8(6-9)7-15-12(16)10-4-5-11(19-10)13(17)18/h1-6H,7H2,(H,15,16)(H,17,18). The highest BCUT2D eigenvalue weighted by Gasteiger charge is 2.12. The van der Waals surface area contributed by atoms with Crippen molar-refractivity contribution >= 4 is 34.8 Å². The highest BCUT2D eigenvalue weighted by molar-refractivity contribution is 7.15. The molecular weight excluding hydrogens is 286 g/mol. The van der Waals surface area contributed by atoms with Crippen molar-refractivity contribution < 1.29 is 14.7 Å². The maximum atomic E-state index is 11.8. The third-order valence-corrected chi connectivity index (χ3v) is 3.69. The molecule has 0 radical (unpaired) electrons. The number of hydrogen-bond donors (Lipinski definition) is 2. The number of nitrogens with one attached hydrogen (secondary N) is 1. The summed E-state index contributed by atoms with van der Waals surface area (Å²) in [4.78, 5) is 23.1. The topological polar surface area (TPSA) is 66.4 Å². The van der Waals surface area contributed by atoms with Crippen LogP contribution in [0.5, 0.6) is 0 Å². The lowest BCUT2D eigenvalue weighted by molar-refractivity contribution is 0.0702. The zero-order valence-corrected chi connectivity index (χ0v) is 11.3. The van der Waals surface area contributed by atoms with Gasteiger partial charge in [-0.3, -0.25) is 4.79 Å². The van der Waals surface area contributed by atoms with E-state index in [1.807, 2.05) is 6.07 Å². The van der Waals surface area contributed by atoms with Gasteiger partial charge >= 0.3 is 5.97 Å². The Morgan fingerprint density at radius 1 is 1.21 bits per heavy atom. The van der Waals surface area contributed by atoms with Crippen LogP contribution in [0.25, 0.3) is 0 Å². The average Bonchev–Trinajstić information content (AvgIpc) is 2.86. The Morgan fingerprint density at radius 3 is 2.58 bits per heavy atom. The zero-order chi connectivity index (χ0) is 13.8. The molecule has 0 atom stereocenters. The van der Waals surface area contributed by atoms with E-state index in [1.54, 1.807) is 18.2 Å². The molecule has 2 aromatic rings. The summed E-state index contributed by atoms with van der Waals surface area (Å²) in [6.07, 6.45) is 0. The van der Waals surface area contributed by atoms with Gasteiger partial charge in [0, 0.05) is 11.6 Å². The van der Waals surface area contributed by atoms with E-state index in [0.717, 1.165) is 16.9 Å². The van der Waals surface area contributed by atoms with Crippen LogP contribution in [-0.4, -0.2) is 17.0 Å². The van der Waals surface area contributed by atoms with Gasteiger partial charge in [-0.1, -0.05) is 23.7 Å². The molecule has 1 heterocycles. The SMILES string of the molecule is O=C(O)c1ccc(C(=O)NCc2cccc(Cl)c2)s1. The number of carbonyl (C=O) groups is 2. The van der Waals surface area contributed by atoms with Gasteiger partial charge in [0.05, 0.1) is 4.88 Å². The molecule has 0 aliphatic heterocycles. The van der Waals surface area contributed by atoms with E-state index in [-0.39, 0.29) is 10.8 Å². The second-order valence-electron chi connectivity index (χ2n) is 3.78. The number of benzene rings is 1. The Labute approximate surface area is 118 Å². The summed E-state index contributed by atoms with van der Waals surface area (Å²) < 4.78 is 0. The maximum Gasteiger partial charge on any atom is 0.345 e. The Hall–Kier alpha value is -1.85. The van der Waals surface area contributed by atoms with E-state index >= 15 is 0 Å². The molecule has 0 aliphatic carbocycles. The van der Waals surface area contributed by atoms with Crippen molar-refractivity contribution in [3.8, 4) is 0 Å². The number of thiophene rings is 1. The molecule has 6 heteroatoms. The van der Waals surface area contributed by atoms with Crippen molar-refractivity contribution in [1.29, 1.82) is 0 Å². The lowest BCUT2D eigenvalue weighted by Crippen LogP contribution is -2.21. The van der Waals surface area contributed by atoms with Crippen molar-refractivity contribution in [2.45, 2.75) is 6.54 Å². The number of carboxylic acid groups (broad SMARTS) is 1. The van der Waals surface area contributed by atoms with E-state index in [9.17, 15) is 9.59 Å². The van der Waals surface area contributed by atoms with E-state index < -0.39 is 5.97 Å². The summed E-state index contributed by atoms with van der Waals surface area (Å²) in [5.41, 5.74) is 0.885. The van der Waals surface area contributed by atoms with Gasteiger partial charge in [-0.15, -0.1) is 11.3 Å². The number of carboxylic acids is 1. The molecule has 19 heavy (non-hydrogen) atoms. The molecule has 4 nitrogen and oxygen atoms in total. The van der Waals surface area contributed by atoms with Gasteiger partial charge in [0.2, 0.25) is 0 Å². The zero-order valence-electron chi connectivity index (χ0n) is 9.72. The van der Waals surface area contributed by atoms with Crippen molar-refractivity contribution in [1.82, 2.24) is 5.32 Å². The maximum absolute atomic E-state index is 11.8. The summed E-state index contributed by atoms with van der Waals surface area (Å²) in [5.74, 6) is -1.32. The van der Waals surface area contributed by atoms with Gasteiger partial charge in [-0.2, -0.15) is 0 Å². The van der Waals surface area contributed by atoms with Gasteiger partial charge in [-0.05, 0) is 29.8 Å². The van der Waals surface area contributed by atoms with Crippen molar-refractivity contribution in [3.05, 3.63) is 56.7 Å². The molecule has 1 aromatic carbocycles. The van der Waals surface area contributed by atoms with Crippen molar-refractivity contribution in [2.75, 3.05) is 0 Å². The minimum absolute atomic E-state index is 0.146. The lowest BCUT2D eigenvalue weighted by atomic mass is 10.2. The van der Waals surface area contributed by atoms with Crippen LogP contribution in [0.1, 0.15) is 24.9 Å². The van der Waals surface area contributed by atoms with Gasteiger partial charge in [0.25, 0.3) is 5.91 Å². The first-order valence-electron chi connectivity index (χ1n) is 5.42. The highest BCUT2D eigenvalue weighted by Crippen LogP contribution is 2.16. The number of halogens is 1. The third-order valence-electron chi connectivity index (χ3n) is 2.38. The lowest BCUT2D eigenvalue weighted by Gasteiger charge is -2.04. The Kier molecular flexibility index (Phi) is 4.19. The molecule has 0 aliphatic rings. The quantitative estimate of drug-likeness (QED) is 0.911. The van der Waals surface area contributed by atoms with Crippen LogP contribution in [0.4, 0.5) is 0 Å². The second kappa shape index (κ2) is 5.86. The molecule has 98 valence electrons. The van der Waals surface area contributed by atoms with Gasteiger partial charge in [0.15, 0.2) is 0 Å². The molecule has 0 saturated heterocycles. The number of rotatable bonds is 4. The average molecular weight is 296 g/mol. The van der Waals surface area contributed by atoms with E-state index in [2.05, 4.69) is 5.32 Å². The predicted molar refractivity (Wildman–Crippen MR) is 73.9 cm³/mol. The number of amides is 1. The minimum atomic E-state index is -1.03. The Bertz CT molecular complexity index is 624. The molecule has 2 rings (SSSR count). The number of hydrogen-bond acceptors (Lipinski definition) is 3. The number of carbonyl (C=O) groups excluding carboxylic acids is 1. The van der Waals surface area contributed by atoms with Gasteiger partial charge in [0.1, 0.15) is 4.88 Å². The Balaban J connectivity index is 1.99. The van der Waals surface area contributed by atoms with E-state index in [4.69, 9.17) is 16.7 Å². The fourth-order valence-corrected chi connectivity index (χ4v) is 2.47. The minimum Gasteiger partial charge on any atom is -0.477 e. The third kappa shape index (κ3) is 3.56. The molecule has 0 fully saturated rings. The van der Waals surface area contributed by atoms with E-state index in [1.165, 1.54) is 12.1 Å². The predicted octanol–water partition coefficient (Wildman–Crippen LogP) is 3.03. The first kappa shape index (κ1) is 13.6. The molecule has 0 bridgehead atoms. The fourth-order valence-electron chi connectivity index (χ4n) is 1.49. The van der Waals surface area contributed by atoms with Gasteiger partial charge < -0.3 is 10.4 Å². The Morgan fingerprint density at radius 2 is 1.95 bits per heavy atom. The monoisotopic (exact) mass is 295 g/mol. The van der Waals surface area contributed by atoms with Crippen LogP contribution in [0, 0.1) is 0 Å². The summed E-state index contributed by atoms with van der Waals surface area (Å²) >= 11 is 6.79.